The first kappa shape index (κ1) is 12.4. The van der Waals surface area contributed by atoms with E-state index in [1.807, 2.05) is 0 Å². The molecule has 102 valence electrons. The zero-order chi connectivity index (χ0) is 14.0. The van der Waals surface area contributed by atoms with Crippen LogP contribution in [-0.4, -0.2) is 33.4 Å². The smallest absolute Gasteiger partial charge is 0.278 e. The number of nitrogens with one attached hydrogen (secondary N) is 2. The van der Waals surface area contributed by atoms with Crippen LogP contribution in [0.15, 0.2) is 54.2 Å². The first-order valence-corrected chi connectivity index (χ1v) is 7.11. The Morgan fingerprint density at radius 2 is 1.95 bits per heavy atom. The number of hydrogen-bond donors (Lipinski definition) is 2. The quantitative estimate of drug-likeness (QED) is 0.739. The van der Waals surface area contributed by atoms with Gasteiger partial charge in [0.1, 0.15) is 12.7 Å². The van der Waals surface area contributed by atoms with Crippen LogP contribution in [0.2, 0.25) is 0 Å². The highest BCUT2D eigenvalue weighted by atomic mass is 32.2. The van der Waals surface area contributed by atoms with Crippen molar-refractivity contribution in [3.8, 4) is 5.69 Å². The molecular weight excluding hydrogens is 280 g/mol. The van der Waals surface area contributed by atoms with Gasteiger partial charge in [-0.25, -0.2) is 9.67 Å². The number of nitrogens with zero attached hydrogens (tertiary/aromatic N) is 4. The number of anilines is 1. The average molecular weight is 290 g/mol. The Morgan fingerprint density at radius 1 is 1.15 bits per heavy atom. The Bertz CT molecular complexity index is 778. The first-order chi connectivity index (χ1) is 9.65. The van der Waals surface area contributed by atoms with Crippen molar-refractivity contribution in [3.05, 3.63) is 49.2 Å². The molecule has 1 aromatic carbocycles. The normalized spacial score (nSPS) is 11.4. The van der Waals surface area contributed by atoms with E-state index in [1.54, 1.807) is 35.3 Å². The van der Waals surface area contributed by atoms with Gasteiger partial charge in [0.2, 0.25) is 0 Å². The molecule has 0 bridgehead atoms. The third kappa shape index (κ3) is 2.38. The van der Waals surface area contributed by atoms with Crippen LogP contribution < -0.4 is 4.72 Å². The first-order valence-electron chi connectivity index (χ1n) is 5.62. The molecule has 0 aliphatic rings. The molecule has 2 aromatic heterocycles. The number of H-pyrrole nitrogens is 1. The van der Waals surface area contributed by atoms with Crippen LogP contribution in [0.5, 0.6) is 0 Å². The summed E-state index contributed by atoms with van der Waals surface area (Å²) in [6.45, 7) is 0. The molecule has 2 N–H and O–H groups in total. The van der Waals surface area contributed by atoms with Gasteiger partial charge < -0.3 is 0 Å². The standard InChI is InChI=1S/C11H10N6O2S/c18-20(19,11-5-6-13-15-11)16-9-1-3-10(4-2-9)17-8-12-7-14-17/h1-8,16H,(H,13,15). The van der Waals surface area contributed by atoms with E-state index >= 15 is 0 Å². The van der Waals surface area contributed by atoms with Crippen molar-refractivity contribution in [2.75, 3.05) is 4.72 Å². The summed E-state index contributed by atoms with van der Waals surface area (Å²) >= 11 is 0. The molecule has 0 saturated carbocycles. The van der Waals surface area contributed by atoms with Gasteiger partial charge >= 0.3 is 0 Å². The van der Waals surface area contributed by atoms with Crippen molar-refractivity contribution < 1.29 is 8.42 Å². The zero-order valence-corrected chi connectivity index (χ0v) is 10.9. The second kappa shape index (κ2) is 4.78. The maximum Gasteiger partial charge on any atom is 0.278 e. The van der Waals surface area contributed by atoms with Crippen molar-refractivity contribution in [1.29, 1.82) is 0 Å². The predicted molar refractivity (Wildman–Crippen MR) is 70.8 cm³/mol. The summed E-state index contributed by atoms with van der Waals surface area (Å²) in [5.74, 6) is 0. The molecule has 3 aromatic rings. The maximum atomic E-state index is 12.0. The minimum Gasteiger partial charge on any atom is -0.278 e. The van der Waals surface area contributed by atoms with Gasteiger partial charge in [-0.3, -0.25) is 9.82 Å². The molecule has 0 spiro atoms. The van der Waals surface area contributed by atoms with Gasteiger partial charge in [-0.15, -0.1) is 0 Å². The molecule has 20 heavy (non-hydrogen) atoms. The van der Waals surface area contributed by atoms with Crippen molar-refractivity contribution in [3.63, 3.8) is 0 Å². The van der Waals surface area contributed by atoms with E-state index < -0.39 is 10.0 Å². The largest absolute Gasteiger partial charge is 0.278 e. The summed E-state index contributed by atoms with van der Waals surface area (Å²) < 4.78 is 28.0. The number of sulfonamides is 1. The average Bonchev–Trinajstić information content (AvgIpc) is 3.13. The molecule has 2 heterocycles. The fraction of sp³-hybridized carbons (Fsp3) is 0. The maximum absolute atomic E-state index is 12.0. The van der Waals surface area contributed by atoms with Crippen LogP contribution in [0, 0.1) is 0 Å². The van der Waals surface area contributed by atoms with Gasteiger partial charge in [0.05, 0.1) is 11.9 Å². The summed E-state index contributed by atoms with van der Waals surface area (Å²) in [7, 11) is -3.64. The highest BCUT2D eigenvalue weighted by molar-refractivity contribution is 7.92. The van der Waals surface area contributed by atoms with Crippen LogP contribution in [0.3, 0.4) is 0 Å². The number of rotatable bonds is 4. The lowest BCUT2D eigenvalue weighted by molar-refractivity contribution is 0.597. The molecule has 0 fully saturated rings. The van der Waals surface area contributed by atoms with Crippen molar-refractivity contribution in [1.82, 2.24) is 25.0 Å². The molecule has 0 aliphatic carbocycles. The summed E-state index contributed by atoms with van der Waals surface area (Å²) in [6.07, 6.45) is 4.36. The number of aromatic nitrogens is 5. The van der Waals surface area contributed by atoms with Crippen molar-refractivity contribution in [2.24, 2.45) is 0 Å². The second-order valence-corrected chi connectivity index (χ2v) is 5.56. The van der Waals surface area contributed by atoms with Gasteiger partial charge in [0, 0.05) is 5.69 Å². The molecular formula is C11H10N6O2S. The molecule has 0 unspecified atom stereocenters. The van der Waals surface area contributed by atoms with E-state index in [0.717, 1.165) is 5.69 Å². The van der Waals surface area contributed by atoms with E-state index in [0.29, 0.717) is 5.69 Å². The summed E-state index contributed by atoms with van der Waals surface area (Å²) in [5, 5.41) is 10.0. The highest BCUT2D eigenvalue weighted by Crippen LogP contribution is 2.16. The van der Waals surface area contributed by atoms with Crippen LogP contribution in [0.25, 0.3) is 5.69 Å². The summed E-state index contributed by atoms with van der Waals surface area (Å²) in [4.78, 5) is 3.84. The van der Waals surface area contributed by atoms with Gasteiger partial charge in [-0.05, 0) is 30.3 Å². The molecule has 0 amide bonds. The number of hydrogen-bond acceptors (Lipinski definition) is 5. The van der Waals surface area contributed by atoms with Crippen LogP contribution in [-0.2, 0) is 10.0 Å². The van der Waals surface area contributed by atoms with Gasteiger partial charge in [-0.2, -0.15) is 18.6 Å². The third-order valence-corrected chi connectivity index (χ3v) is 3.88. The summed E-state index contributed by atoms with van der Waals surface area (Å²) in [5.41, 5.74) is 1.23. The Balaban J connectivity index is 1.83. The Hall–Kier alpha value is -2.68. The van der Waals surface area contributed by atoms with E-state index in [2.05, 4.69) is 25.0 Å². The van der Waals surface area contributed by atoms with Crippen molar-refractivity contribution >= 4 is 15.7 Å². The monoisotopic (exact) mass is 290 g/mol. The number of benzene rings is 1. The van der Waals surface area contributed by atoms with Crippen LogP contribution in [0.1, 0.15) is 0 Å². The lowest BCUT2D eigenvalue weighted by Gasteiger charge is -2.07. The van der Waals surface area contributed by atoms with Crippen LogP contribution >= 0.6 is 0 Å². The molecule has 0 aliphatic heterocycles. The third-order valence-electron chi connectivity index (χ3n) is 2.57. The topological polar surface area (TPSA) is 106 Å². The molecule has 9 heteroatoms. The molecule has 0 atom stereocenters. The van der Waals surface area contributed by atoms with E-state index in [9.17, 15) is 8.42 Å². The van der Waals surface area contributed by atoms with Crippen molar-refractivity contribution in [2.45, 2.75) is 5.03 Å². The van der Waals surface area contributed by atoms with Gasteiger partial charge in [0.25, 0.3) is 10.0 Å². The minimum absolute atomic E-state index is 0.0119. The Labute approximate surface area is 114 Å². The second-order valence-electron chi connectivity index (χ2n) is 3.91. The Morgan fingerprint density at radius 3 is 2.55 bits per heavy atom. The molecule has 3 rings (SSSR count). The predicted octanol–water partition coefficient (Wildman–Crippen LogP) is 0.791. The fourth-order valence-corrected chi connectivity index (χ4v) is 2.60. The highest BCUT2D eigenvalue weighted by Gasteiger charge is 2.15. The fourth-order valence-electron chi connectivity index (χ4n) is 1.63. The zero-order valence-electron chi connectivity index (χ0n) is 10.1. The van der Waals surface area contributed by atoms with Crippen LogP contribution in [0.4, 0.5) is 5.69 Å². The lowest BCUT2D eigenvalue weighted by Crippen LogP contribution is -2.13. The van der Waals surface area contributed by atoms with E-state index in [4.69, 9.17) is 0 Å². The van der Waals surface area contributed by atoms with Gasteiger partial charge in [-0.1, -0.05) is 0 Å². The Kier molecular flexibility index (Phi) is 2.95. The minimum atomic E-state index is -3.64. The lowest BCUT2D eigenvalue weighted by atomic mass is 10.3. The molecule has 8 nitrogen and oxygen atoms in total. The molecule has 0 radical (unpaired) electrons. The summed E-state index contributed by atoms with van der Waals surface area (Å²) in [6, 6.07) is 8.14. The van der Waals surface area contributed by atoms with E-state index in [-0.39, 0.29) is 5.03 Å². The number of aromatic amines is 1. The SMILES string of the molecule is O=S(=O)(Nc1ccc(-n2cncn2)cc1)c1ccn[nH]1. The molecule has 0 saturated heterocycles. The van der Waals surface area contributed by atoms with Gasteiger partial charge in [0.15, 0.2) is 5.03 Å². The van der Waals surface area contributed by atoms with E-state index in [1.165, 1.54) is 18.6 Å².